The summed E-state index contributed by atoms with van der Waals surface area (Å²) in [6.07, 6.45) is -16.3. The summed E-state index contributed by atoms with van der Waals surface area (Å²) in [5.41, 5.74) is 0. The number of hydrogen-bond donors (Lipinski definition) is 1. The number of carbonyl (C=O) groups excluding carboxylic acids is 7. The number of hydrogen-bond acceptors (Lipinski definition) is 18. The van der Waals surface area contributed by atoms with Crippen LogP contribution in [0.2, 0.25) is 0 Å². The molecule has 18 heteroatoms. The fourth-order valence-electron chi connectivity index (χ4n) is 4.49. The summed E-state index contributed by atoms with van der Waals surface area (Å²) in [6.45, 7) is 6.11. The fourth-order valence-corrected chi connectivity index (χ4v) is 4.49. The summed E-state index contributed by atoms with van der Waals surface area (Å²) in [4.78, 5) is 83.5. The van der Waals surface area contributed by atoms with Gasteiger partial charge in [-0.3, -0.25) is 33.6 Å². The lowest BCUT2D eigenvalue weighted by Gasteiger charge is -2.48. The first kappa shape index (κ1) is 36.3. The molecule has 248 valence electrons. The van der Waals surface area contributed by atoms with Crippen molar-refractivity contribution in [2.45, 2.75) is 110 Å². The Balaban J connectivity index is 2.66. The summed E-state index contributed by atoms with van der Waals surface area (Å²) in [5.74, 6) is -6.03. The molecule has 2 heterocycles. The van der Waals surface area contributed by atoms with Gasteiger partial charge in [-0.15, -0.1) is 0 Å². The van der Waals surface area contributed by atoms with E-state index in [1.165, 1.54) is 0 Å². The van der Waals surface area contributed by atoms with Crippen LogP contribution in [0.15, 0.2) is 0 Å². The first-order valence-corrected chi connectivity index (χ1v) is 13.3. The Kier molecular flexibility index (Phi) is 13.4. The molecule has 2 aliphatic heterocycles. The Hall–Kier alpha value is -3.87. The zero-order chi connectivity index (χ0) is 33.3. The Morgan fingerprint density at radius 2 is 0.841 bits per heavy atom. The van der Waals surface area contributed by atoms with Crippen LogP contribution in [-0.4, -0.2) is 122 Å². The number of carbonyl (C=O) groups is 7. The molecule has 10 atom stereocenters. The molecule has 2 rings (SSSR count). The summed E-state index contributed by atoms with van der Waals surface area (Å²) >= 11 is 0. The molecule has 0 spiro atoms. The first-order chi connectivity index (χ1) is 20.5. The van der Waals surface area contributed by atoms with Crippen molar-refractivity contribution in [1.29, 1.82) is 0 Å². The SMILES string of the molecule is CC(=O)OC[C@H]1O[C@@H](O)[C@H](OC(C)=O)[C@@H](OC(C)=O)[C@@H]1OC1O[C@H](COC(C)=O)[C@@H](OC(C)=O)[C@H](OC(C)=O)[C@H]1OC(C)=O. The minimum atomic E-state index is -1.90. The molecular formula is C26H36O18. The molecule has 18 nitrogen and oxygen atoms in total. The summed E-state index contributed by atoms with van der Waals surface area (Å²) in [6, 6.07) is 0. The second kappa shape index (κ2) is 16.3. The van der Waals surface area contributed by atoms with Gasteiger partial charge in [-0.25, -0.2) is 0 Å². The maximum Gasteiger partial charge on any atom is 0.303 e. The van der Waals surface area contributed by atoms with Crippen LogP contribution < -0.4 is 0 Å². The highest BCUT2D eigenvalue weighted by Gasteiger charge is 2.57. The second-order valence-corrected chi connectivity index (χ2v) is 9.68. The molecule has 0 aromatic heterocycles. The zero-order valence-corrected chi connectivity index (χ0v) is 25.1. The predicted octanol–water partition coefficient (Wildman–Crippen LogP) is -1.40. The molecular weight excluding hydrogens is 600 g/mol. The molecule has 0 aromatic carbocycles. The van der Waals surface area contributed by atoms with Crippen molar-refractivity contribution in [3.8, 4) is 0 Å². The van der Waals surface area contributed by atoms with Crippen LogP contribution in [0, 0.1) is 0 Å². The normalized spacial score (nSPS) is 31.5. The van der Waals surface area contributed by atoms with Gasteiger partial charge in [0.2, 0.25) is 0 Å². The summed E-state index contributed by atoms with van der Waals surface area (Å²) in [5, 5.41) is 10.6. The average Bonchev–Trinajstić information content (AvgIpc) is 2.87. The lowest BCUT2D eigenvalue weighted by molar-refractivity contribution is -0.357. The highest BCUT2D eigenvalue weighted by molar-refractivity contribution is 5.69. The van der Waals surface area contributed by atoms with E-state index in [0.717, 1.165) is 48.5 Å². The predicted molar refractivity (Wildman–Crippen MR) is 135 cm³/mol. The molecule has 2 aliphatic rings. The minimum Gasteiger partial charge on any atom is -0.463 e. The largest absolute Gasteiger partial charge is 0.463 e. The smallest absolute Gasteiger partial charge is 0.303 e. The van der Waals surface area contributed by atoms with Crippen LogP contribution in [0.25, 0.3) is 0 Å². The number of aliphatic hydroxyl groups is 1. The summed E-state index contributed by atoms with van der Waals surface area (Å²) in [7, 11) is 0. The van der Waals surface area contributed by atoms with Gasteiger partial charge >= 0.3 is 41.8 Å². The van der Waals surface area contributed by atoms with Crippen molar-refractivity contribution in [3.05, 3.63) is 0 Å². The van der Waals surface area contributed by atoms with Gasteiger partial charge in [-0.1, -0.05) is 0 Å². The van der Waals surface area contributed by atoms with Gasteiger partial charge in [0.1, 0.15) is 31.5 Å². The van der Waals surface area contributed by atoms with E-state index in [-0.39, 0.29) is 0 Å². The third-order valence-corrected chi connectivity index (χ3v) is 5.90. The van der Waals surface area contributed by atoms with Crippen molar-refractivity contribution < 1.29 is 86.0 Å². The monoisotopic (exact) mass is 636 g/mol. The van der Waals surface area contributed by atoms with E-state index in [0.29, 0.717) is 0 Å². The third-order valence-electron chi connectivity index (χ3n) is 5.90. The molecule has 0 aromatic rings. The number of esters is 7. The molecule has 0 saturated carbocycles. The molecule has 0 aliphatic carbocycles. The number of aliphatic hydroxyl groups excluding tert-OH is 1. The Bertz CT molecular complexity index is 1090. The molecule has 0 bridgehead atoms. The minimum absolute atomic E-state index is 0.572. The molecule has 2 saturated heterocycles. The number of rotatable bonds is 11. The van der Waals surface area contributed by atoms with Gasteiger partial charge in [0.15, 0.2) is 43.1 Å². The van der Waals surface area contributed by atoms with Gasteiger partial charge < -0.3 is 52.5 Å². The van der Waals surface area contributed by atoms with Gasteiger partial charge in [0, 0.05) is 48.5 Å². The summed E-state index contributed by atoms with van der Waals surface area (Å²) < 4.78 is 54.1. The van der Waals surface area contributed by atoms with Gasteiger partial charge in [-0.05, 0) is 0 Å². The van der Waals surface area contributed by atoms with E-state index in [1.54, 1.807) is 0 Å². The van der Waals surface area contributed by atoms with E-state index in [4.69, 9.17) is 47.4 Å². The molecule has 0 radical (unpaired) electrons. The van der Waals surface area contributed by atoms with E-state index >= 15 is 0 Å². The van der Waals surface area contributed by atoms with Gasteiger partial charge in [0.25, 0.3) is 0 Å². The van der Waals surface area contributed by atoms with Crippen LogP contribution in [0.1, 0.15) is 48.5 Å². The van der Waals surface area contributed by atoms with Crippen LogP contribution >= 0.6 is 0 Å². The van der Waals surface area contributed by atoms with E-state index in [9.17, 15) is 38.7 Å². The van der Waals surface area contributed by atoms with Crippen molar-refractivity contribution in [3.63, 3.8) is 0 Å². The fraction of sp³-hybridized carbons (Fsp3) is 0.731. The van der Waals surface area contributed by atoms with Crippen molar-refractivity contribution >= 4 is 41.8 Å². The van der Waals surface area contributed by atoms with Crippen LogP contribution in [0.5, 0.6) is 0 Å². The Morgan fingerprint density at radius 1 is 0.477 bits per heavy atom. The van der Waals surface area contributed by atoms with Crippen LogP contribution in [0.3, 0.4) is 0 Å². The molecule has 1 N–H and O–H groups in total. The highest BCUT2D eigenvalue weighted by Crippen LogP contribution is 2.34. The quantitative estimate of drug-likeness (QED) is 0.203. The number of ether oxygens (including phenoxy) is 10. The lowest BCUT2D eigenvalue weighted by atomic mass is 9.96. The van der Waals surface area contributed by atoms with Crippen molar-refractivity contribution in [2.24, 2.45) is 0 Å². The molecule has 0 amide bonds. The molecule has 44 heavy (non-hydrogen) atoms. The van der Waals surface area contributed by atoms with Crippen molar-refractivity contribution in [2.75, 3.05) is 13.2 Å². The van der Waals surface area contributed by atoms with Crippen LogP contribution in [0.4, 0.5) is 0 Å². The van der Waals surface area contributed by atoms with Crippen LogP contribution in [-0.2, 0) is 80.9 Å². The lowest BCUT2D eigenvalue weighted by Crippen LogP contribution is -2.67. The van der Waals surface area contributed by atoms with Gasteiger partial charge in [-0.2, -0.15) is 0 Å². The van der Waals surface area contributed by atoms with E-state index < -0.39 is 116 Å². The topological polar surface area (TPSA) is 232 Å². The molecule has 1 unspecified atom stereocenters. The first-order valence-electron chi connectivity index (χ1n) is 13.3. The Morgan fingerprint density at radius 3 is 1.27 bits per heavy atom. The third kappa shape index (κ3) is 10.7. The van der Waals surface area contributed by atoms with E-state index in [2.05, 4.69) is 0 Å². The van der Waals surface area contributed by atoms with Crippen molar-refractivity contribution in [1.82, 2.24) is 0 Å². The second-order valence-electron chi connectivity index (χ2n) is 9.68. The average molecular weight is 637 g/mol. The Labute approximate surface area is 251 Å². The zero-order valence-electron chi connectivity index (χ0n) is 25.1. The molecule has 2 fully saturated rings. The van der Waals surface area contributed by atoms with Gasteiger partial charge in [0.05, 0.1) is 0 Å². The maximum atomic E-state index is 12.2. The van der Waals surface area contributed by atoms with E-state index in [1.807, 2.05) is 0 Å². The maximum absolute atomic E-state index is 12.2. The highest BCUT2D eigenvalue weighted by atomic mass is 16.8. The standard InChI is InChI=1S/C26H36O18/c1-10(27)35-8-17-20(21(38-13(4)30)23(25(34)42-17)40-15(6)32)44-26-24(41-16(7)33)22(39-14(5)31)19(37-12(3)29)18(43-26)9-36-11(2)28/h17-26,34H,8-9H2,1-7H3/t17-,18-,19-,20-,21+,22+,23-,24-,25-,26?/m1/s1.